The highest BCUT2D eigenvalue weighted by Crippen LogP contribution is 2.73. The van der Waals surface area contributed by atoms with Gasteiger partial charge < -0.3 is 9.84 Å². The molecule has 4 aliphatic carbocycles. The van der Waals surface area contributed by atoms with Gasteiger partial charge in [0.2, 0.25) is 0 Å². The molecule has 0 aromatic heterocycles. The molecule has 4 saturated carbocycles. The number of β-amino-alcohol motifs (C(OH)–C–C–N with tert-alkyl or cyclic N) is 1. The second kappa shape index (κ2) is 8.80. The molecule has 1 N–H and O–H groups in total. The first-order chi connectivity index (χ1) is 17.3. The number of hydrogen-bond acceptors (Lipinski definition) is 6. The van der Waals surface area contributed by atoms with E-state index in [4.69, 9.17) is 4.74 Å². The molecule has 7 heteroatoms. The molecule has 7 nitrogen and oxygen atoms in total. The molecular weight excluding hydrogens is 456 g/mol. The summed E-state index contributed by atoms with van der Waals surface area (Å²) >= 11 is 0. The molecule has 1 aromatic carbocycles. The summed E-state index contributed by atoms with van der Waals surface area (Å²) in [6.07, 6.45) is 11.6. The van der Waals surface area contributed by atoms with Crippen molar-refractivity contribution >= 4 is 11.7 Å². The number of aliphatic hydroxyl groups excluding tert-OH is 1. The third-order valence-corrected chi connectivity index (χ3v) is 11.4. The van der Waals surface area contributed by atoms with Gasteiger partial charge in [-0.2, -0.15) is 0 Å². The minimum Gasteiger partial charge on any atom is -0.462 e. The number of hydrogen-bond donors (Lipinski definition) is 1. The summed E-state index contributed by atoms with van der Waals surface area (Å²) in [7, 11) is 0. The minimum absolute atomic E-state index is 0.0182. The molecule has 1 aromatic rings. The molecule has 5 fully saturated rings. The highest BCUT2D eigenvalue weighted by atomic mass is 16.6. The summed E-state index contributed by atoms with van der Waals surface area (Å²) < 4.78 is 5.80. The number of nitrogens with zero attached hydrogens (tertiary/aromatic N) is 2. The lowest BCUT2D eigenvalue weighted by molar-refractivity contribution is -0.384. The molecule has 7 atom stereocenters. The van der Waals surface area contributed by atoms with Crippen molar-refractivity contribution in [1.29, 1.82) is 0 Å². The fourth-order valence-electron chi connectivity index (χ4n) is 10.3. The standard InChI is InChI=1S/C29H40N2O5/c1-27-10-2-11-29(19-30(18-27)13-14-32)24(27)9-12-28-15-21(5-8-25(28)29)22(16-28)17-36-26(33)20-3-6-23(7-4-20)31(34)35/h3-4,6-7,21-22,24-25,32H,2,5,8-19H2,1H3/t21-,22+,24-,25-,27+,28+,29+/m1/s1. The monoisotopic (exact) mass is 496 g/mol. The predicted octanol–water partition coefficient (Wildman–Crippen LogP) is 5.07. The molecule has 196 valence electrons. The van der Waals surface area contributed by atoms with Crippen molar-refractivity contribution in [2.24, 2.45) is 39.9 Å². The van der Waals surface area contributed by atoms with Crippen LogP contribution in [-0.4, -0.2) is 53.7 Å². The molecule has 1 saturated heterocycles. The second-order valence-corrected chi connectivity index (χ2v) is 13.1. The summed E-state index contributed by atoms with van der Waals surface area (Å²) in [6, 6.07) is 5.71. The van der Waals surface area contributed by atoms with E-state index < -0.39 is 4.92 Å². The highest BCUT2D eigenvalue weighted by molar-refractivity contribution is 5.89. The number of rotatable bonds is 6. The van der Waals surface area contributed by atoms with Gasteiger partial charge in [-0.15, -0.1) is 0 Å². The topological polar surface area (TPSA) is 92.9 Å². The number of likely N-dealkylation sites (tertiary alicyclic amines) is 1. The summed E-state index contributed by atoms with van der Waals surface area (Å²) in [5.74, 6) is 2.22. The third-order valence-electron chi connectivity index (χ3n) is 11.4. The highest BCUT2D eigenvalue weighted by Gasteiger charge is 2.67. The Balaban J connectivity index is 1.18. The second-order valence-electron chi connectivity index (χ2n) is 13.1. The van der Waals surface area contributed by atoms with E-state index in [2.05, 4.69) is 11.8 Å². The van der Waals surface area contributed by atoms with Crippen LogP contribution in [0.3, 0.4) is 0 Å². The summed E-state index contributed by atoms with van der Waals surface area (Å²) in [4.78, 5) is 25.7. The van der Waals surface area contributed by atoms with E-state index in [1.165, 1.54) is 82.1 Å². The van der Waals surface area contributed by atoms with Crippen LogP contribution in [0.4, 0.5) is 5.69 Å². The van der Waals surface area contributed by atoms with Crippen LogP contribution in [0, 0.1) is 50.0 Å². The summed E-state index contributed by atoms with van der Waals surface area (Å²) in [5.41, 5.74) is 1.50. The number of ether oxygens (including phenoxy) is 1. The SMILES string of the molecule is C[C@]12CCC[C@]3(CN(CCO)C1)[C@@H]2CC[C@@]12C[C@@H](CC[C@H]13)[C@H](COC(=O)c1ccc([N+](=O)[O-])cc1)C2. The number of fused-ring (bicyclic) bond motifs is 1. The van der Waals surface area contributed by atoms with Gasteiger partial charge in [0.15, 0.2) is 0 Å². The van der Waals surface area contributed by atoms with Crippen molar-refractivity contribution in [1.82, 2.24) is 4.90 Å². The Kier molecular flexibility index (Phi) is 5.95. The number of non-ortho nitro benzene ring substituents is 1. The Hall–Kier alpha value is -1.99. The molecule has 36 heavy (non-hydrogen) atoms. The maximum atomic E-state index is 12.7. The Bertz CT molecular complexity index is 1030. The average Bonchev–Trinajstić information content (AvgIpc) is 3.11. The molecule has 6 rings (SSSR count). The zero-order chi connectivity index (χ0) is 25.1. The lowest BCUT2D eigenvalue weighted by Gasteiger charge is -2.69. The Morgan fingerprint density at radius 1 is 1.11 bits per heavy atom. The molecule has 0 radical (unpaired) electrons. The van der Waals surface area contributed by atoms with Gasteiger partial charge in [-0.25, -0.2) is 4.79 Å². The zero-order valence-corrected chi connectivity index (χ0v) is 21.5. The van der Waals surface area contributed by atoms with E-state index in [9.17, 15) is 20.0 Å². The lowest BCUT2D eigenvalue weighted by atomic mass is 9.39. The number of benzene rings is 1. The van der Waals surface area contributed by atoms with Gasteiger partial charge in [0, 0.05) is 31.8 Å². The molecule has 1 spiro atoms. The molecule has 4 bridgehead atoms. The maximum absolute atomic E-state index is 12.7. The van der Waals surface area contributed by atoms with E-state index in [0.717, 1.165) is 31.5 Å². The average molecular weight is 497 g/mol. The van der Waals surface area contributed by atoms with Gasteiger partial charge in [0.05, 0.1) is 23.7 Å². The molecular formula is C29H40N2O5. The van der Waals surface area contributed by atoms with Crippen LogP contribution in [0.25, 0.3) is 0 Å². The van der Waals surface area contributed by atoms with E-state index in [0.29, 0.717) is 40.3 Å². The van der Waals surface area contributed by atoms with E-state index in [-0.39, 0.29) is 18.3 Å². The Morgan fingerprint density at radius 3 is 2.67 bits per heavy atom. The lowest BCUT2D eigenvalue weighted by Crippen LogP contribution is -2.67. The van der Waals surface area contributed by atoms with E-state index in [1.54, 1.807) is 0 Å². The number of nitro groups is 1. The fraction of sp³-hybridized carbons (Fsp3) is 0.759. The van der Waals surface area contributed by atoms with Gasteiger partial charge in [0.25, 0.3) is 5.69 Å². The van der Waals surface area contributed by atoms with Crippen LogP contribution in [0.5, 0.6) is 0 Å². The fourth-order valence-corrected chi connectivity index (χ4v) is 10.3. The number of piperidine rings is 1. The first-order valence-electron chi connectivity index (χ1n) is 14.0. The number of nitro benzene ring substituents is 1. The molecule has 0 unspecified atom stereocenters. The smallest absolute Gasteiger partial charge is 0.338 e. The van der Waals surface area contributed by atoms with Gasteiger partial charge in [-0.3, -0.25) is 15.0 Å². The maximum Gasteiger partial charge on any atom is 0.338 e. The normalized spacial score (nSPS) is 41.3. The van der Waals surface area contributed by atoms with Crippen LogP contribution >= 0.6 is 0 Å². The minimum atomic E-state index is -0.456. The van der Waals surface area contributed by atoms with Gasteiger partial charge in [0.1, 0.15) is 0 Å². The van der Waals surface area contributed by atoms with Gasteiger partial charge >= 0.3 is 5.97 Å². The van der Waals surface area contributed by atoms with E-state index >= 15 is 0 Å². The van der Waals surface area contributed by atoms with Gasteiger partial charge in [-0.05, 0) is 103 Å². The van der Waals surface area contributed by atoms with Gasteiger partial charge in [-0.1, -0.05) is 13.3 Å². The molecule has 1 aliphatic heterocycles. The first kappa shape index (κ1) is 24.4. The van der Waals surface area contributed by atoms with Crippen LogP contribution < -0.4 is 0 Å². The Morgan fingerprint density at radius 2 is 1.92 bits per heavy atom. The molecule has 0 amide bonds. The van der Waals surface area contributed by atoms with Crippen molar-refractivity contribution < 1.29 is 19.6 Å². The summed E-state index contributed by atoms with van der Waals surface area (Å²) in [5, 5.41) is 20.6. The van der Waals surface area contributed by atoms with Crippen molar-refractivity contribution in [3.8, 4) is 0 Å². The zero-order valence-electron chi connectivity index (χ0n) is 21.5. The Labute approximate surface area is 213 Å². The third kappa shape index (κ3) is 3.72. The number of carbonyl (C=O) groups excluding carboxylic acids is 1. The molecule has 1 heterocycles. The van der Waals surface area contributed by atoms with Crippen LogP contribution in [0.15, 0.2) is 24.3 Å². The number of carbonyl (C=O) groups is 1. The van der Waals surface area contributed by atoms with E-state index in [1.807, 2.05) is 0 Å². The van der Waals surface area contributed by atoms with Crippen LogP contribution in [0.1, 0.15) is 75.1 Å². The van der Waals surface area contributed by atoms with Crippen molar-refractivity contribution in [2.45, 2.75) is 64.7 Å². The van der Waals surface area contributed by atoms with Crippen LogP contribution in [-0.2, 0) is 4.74 Å². The van der Waals surface area contributed by atoms with Crippen LogP contribution in [0.2, 0.25) is 0 Å². The predicted molar refractivity (Wildman–Crippen MR) is 135 cm³/mol. The van der Waals surface area contributed by atoms with Crippen molar-refractivity contribution in [3.05, 3.63) is 39.9 Å². The van der Waals surface area contributed by atoms with Crippen molar-refractivity contribution in [3.63, 3.8) is 0 Å². The summed E-state index contributed by atoms with van der Waals surface area (Å²) in [6.45, 7) is 6.34. The number of aliphatic hydroxyl groups is 1. The number of esters is 1. The largest absolute Gasteiger partial charge is 0.462 e. The quantitative estimate of drug-likeness (QED) is 0.336. The first-order valence-corrected chi connectivity index (χ1v) is 14.0. The van der Waals surface area contributed by atoms with Crippen molar-refractivity contribution in [2.75, 3.05) is 32.8 Å². The molecule has 5 aliphatic rings.